The van der Waals surface area contributed by atoms with Gasteiger partial charge in [-0.05, 0) is 29.7 Å². The number of hydrogen-bond donors (Lipinski definition) is 1. The summed E-state index contributed by atoms with van der Waals surface area (Å²) in [5, 5.41) is 0. The van der Waals surface area contributed by atoms with Crippen molar-refractivity contribution in [2.75, 3.05) is 12.3 Å². The van der Waals surface area contributed by atoms with Crippen LogP contribution >= 0.6 is 0 Å². The van der Waals surface area contributed by atoms with Gasteiger partial charge in [-0.25, -0.2) is 4.79 Å². The number of carbonyl (C=O) groups excluding carboxylic acids is 1. The van der Waals surface area contributed by atoms with Crippen LogP contribution in [0.3, 0.4) is 0 Å². The Bertz CT molecular complexity index is 794. The monoisotopic (exact) mass is 480 g/mol. The minimum atomic E-state index is -0.258. The molecule has 1 amide bonds. The molecule has 0 saturated heterocycles. The Morgan fingerprint density at radius 3 is 1.83 bits per heavy atom. The predicted octanol–water partition coefficient (Wildman–Crippen LogP) is 8.89. The molecule has 0 bridgehead atoms. The summed E-state index contributed by atoms with van der Waals surface area (Å²) in [4.78, 5) is 14.7. The highest BCUT2D eigenvalue weighted by atomic mass is 16.6. The Kier molecular flexibility index (Phi) is 15.4. The second-order valence-electron chi connectivity index (χ2n) is 9.80. The standard InChI is InChI=1S/C31H48N2O2/c1-2-3-4-5-6-7-8-9-10-11-12-13-14-18-24-33(26-29-22-19-23-30(32)25-29)31(34)35-27-28-20-16-15-17-21-28/h15-17,19-23,25H,2-14,18,24,26-27,32H2,1H3. The Morgan fingerprint density at radius 1 is 0.714 bits per heavy atom. The molecule has 0 saturated carbocycles. The third-order valence-electron chi connectivity index (χ3n) is 6.57. The van der Waals surface area contributed by atoms with Crippen LogP contribution in [0.1, 0.15) is 108 Å². The van der Waals surface area contributed by atoms with Gasteiger partial charge < -0.3 is 15.4 Å². The summed E-state index contributed by atoms with van der Waals surface area (Å²) in [6.07, 6.45) is 18.3. The van der Waals surface area contributed by atoms with E-state index in [-0.39, 0.29) is 6.09 Å². The number of ether oxygens (including phenoxy) is 1. The van der Waals surface area contributed by atoms with Gasteiger partial charge in [-0.1, -0.05) is 133 Å². The molecule has 0 aliphatic carbocycles. The van der Waals surface area contributed by atoms with Crippen LogP contribution in [-0.2, 0) is 17.9 Å². The molecule has 0 aromatic heterocycles. The van der Waals surface area contributed by atoms with Gasteiger partial charge in [0.25, 0.3) is 0 Å². The van der Waals surface area contributed by atoms with Crippen molar-refractivity contribution in [3.05, 3.63) is 65.7 Å². The molecule has 35 heavy (non-hydrogen) atoms. The fraction of sp³-hybridized carbons (Fsp3) is 0.581. The van der Waals surface area contributed by atoms with Crippen molar-refractivity contribution in [3.63, 3.8) is 0 Å². The molecule has 0 fully saturated rings. The molecule has 4 nitrogen and oxygen atoms in total. The van der Waals surface area contributed by atoms with Gasteiger partial charge in [0.2, 0.25) is 0 Å². The van der Waals surface area contributed by atoms with Gasteiger partial charge in [0, 0.05) is 18.8 Å². The maximum atomic E-state index is 12.8. The number of nitrogens with two attached hydrogens (primary N) is 1. The lowest BCUT2D eigenvalue weighted by Gasteiger charge is -2.22. The van der Waals surface area contributed by atoms with E-state index in [4.69, 9.17) is 10.5 Å². The summed E-state index contributed by atoms with van der Waals surface area (Å²) in [5.74, 6) is 0. The summed E-state index contributed by atoms with van der Waals surface area (Å²) in [7, 11) is 0. The Labute approximate surface area is 214 Å². The van der Waals surface area contributed by atoms with Crippen molar-refractivity contribution in [2.45, 2.75) is 110 Å². The number of rotatable bonds is 19. The van der Waals surface area contributed by atoms with Crippen LogP contribution in [0.15, 0.2) is 54.6 Å². The Hall–Kier alpha value is -2.49. The molecule has 0 atom stereocenters. The highest BCUT2D eigenvalue weighted by Crippen LogP contribution is 2.15. The second-order valence-corrected chi connectivity index (χ2v) is 9.80. The zero-order valence-electron chi connectivity index (χ0n) is 22.1. The van der Waals surface area contributed by atoms with E-state index in [9.17, 15) is 4.79 Å². The second kappa shape index (κ2) is 18.8. The third kappa shape index (κ3) is 13.9. The van der Waals surface area contributed by atoms with Gasteiger partial charge in [0.1, 0.15) is 6.61 Å². The van der Waals surface area contributed by atoms with Crippen molar-refractivity contribution in [1.29, 1.82) is 0 Å². The van der Waals surface area contributed by atoms with Gasteiger partial charge >= 0.3 is 6.09 Å². The van der Waals surface area contributed by atoms with Crippen LogP contribution < -0.4 is 5.73 Å². The largest absolute Gasteiger partial charge is 0.445 e. The van der Waals surface area contributed by atoms with Crippen molar-refractivity contribution >= 4 is 11.8 Å². The molecule has 0 spiro atoms. The van der Waals surface area contributed by atoms with Crippen LogP contribution in [0.5, 0.6) is 0 Å². The molecule has 2 aromatic carbocycles. The average molecular weight is 481 g/mol. The molecule has 0 radical (unpaired) electrons. The van der Waals surface area contributed by atoms with Crippen molar-refractivity contribution in [3.8, 4) is 0 Å². The van der Waals surface area contributed by atoms with Crippen LogP contribution in [-0.4, -0.2) is 17.5 Å². The van der Waals surface area contributed by atoms with E-state index in [1.165, 1.54) is 77.0 Å². The zero-order chi connectivity index (χ0) is 25.0. The summed E-state index contributed by atoms with van der Waals surface area (Å²) >= 11 is 0. The number of anilines is 1. The van der Waals surface area contributed by atoms with E-state index in [2.05, 4.69) is 6.92 Å². The third-order valence-corrected chi connectivity index (χ3v) is 6.57. The normalized spacial score (nSPS) is 10.9. The van der Waals surface area contributed by atoms with Crippen LogP contribution in [0.2, 0.25) is 0 Å². The number of nitrogens with zero attached hydrogens (tertiary/aromatic N) is 1. The van der Waals surface area contributed by atoms with Crippen molar-refractivity contribution < 1.29 is 9.53 Å². The van der Waals surface area contributed by atoms with Crippen LogP contribution in [0.4, 0.5) is 10.5 Å². The molecule has 2 rings (SSSR count). The molecule has 2 aromatic rings. The number of carbonyl (C=O) groups is 1. The Balaban J connectivity index is 1.62. The van der Waals surface area contributed by atoms with E-state index in [0.29, 0.717) is 19.7 Å². The van der Waals surface area contributed by atoms with E-state index in [1.807, 2.05) is 59.5 Å². The molecule has 0 heterocycles. The molecule has 2 N–H and O–H groups in total. The minimum absolute atomic E-state index is 0.258. The number of amides is 1. The van der Waals surface area contributed by atoms with Gasteiger partial charge in [-0.2, -0.15) is 0 Å². The van der Waals surface area contributed by atoms with Gasteiger partial charge in [-0.3, -0.25) is 0 Å². The fourth-order valence-electron chi connectivity index (χ4n) is 4.45. The number of unbranched alkanes of at least 4 members (excludes halogenated alkanes) is 13. The molecule has 0 aliphatic heterocycles. The van der Waals surface area contributed by atoms with E-state index >= 15 is 0 Å². The lowest BCUT2D eigenvalue weighted by Crippen LogP contribution is -2.32. The lowest BCUT2D eigenvalue weighted by molar-refractivity contribution is 0.0929. The number of hydrogen-bond acceptors (Lipinski definition) is 3. The first-order valence-electron chi connectivity index (χ1n) is 14.0. The number of nitrogen functional groups attached to an aromatic ring is 1. The molecule has 4 heteroatoms. The first kappa shape index (κ1) is 28.7. The fourth-order valence-corrected chi connectivity index (χ4v) is 4.45. The van der Waals surface area contributed by atoms with E-state index in [0.717, 1.165) is 29.7 Å². The Morgan fingerprint density at radius 2 is 1.26 bits per heavy atom. The van der Waals surface area contributed by atoms with Gasteiger partial charge in [-0.15, -0.1) is 0 Å². The summed E-state index contributed by atoms with van der Waals surface area (Å²) in [5.41, 5.74) is 8.70. The van der Waals surface area contributed by atoms with Gasteiger partial charge in [0.05, 0.1) is 0 Å². The molecular weight excluding hydrogens is 432 g/mol. The molecular formula is C31H48N2O2. The van der Waals surface area contributed by atoms with E-state index in [1.54, 1.807) is 0 Å². The summed E-state index contributed by atoms with van der Waals surface area (Å²) in [6.45, 7) is 3.81. The average Bonchev–Trinajstić information content (AvgIpc) is 2.87. The minimum Gasteiger partial charge on any atom is -0.445 e. The molecule has 194 valence electrons. The zero-order valence-corrected chi connectivity index (χ0v) is 22.1. The first-order valence-corrected chi connectivity index (χ1v) is 14.0. The summed E-state index contributed by atoms with van der Waals surface area (Å²) < 4.78 is 5.62. The maximum absolute atomic E-state index is 12.8. The van der Waals surface area contributed by atoms with Gasteiger partial charge in [0.15, 0.2) is 0 Å². The quantitative estimate of drug-likeness (QED) is 0.161. The van der Waals surface area contributed by atoms with Crippen molar-refractivity contribution in [1.82, 2.24) is 4.90 Å². The SMILES string of the molecule is CCCCCCCCCCCCCCCCN(Cc1cccc(N)c1)C(=O)OCc1ccccc1. The lowest BCUT2D eigenvalue weighted by atomic mass is 10.0. The van der Waals surface area contributed by atoms with Crippen molar-refractivity contribution in [2.24, 2.45) is 0 Å². The molecule has 0 aliphatic rings. The topological polar surface area (TPSA) is 55.6 Å². The summed E-state index contributed by atoms with van der Waals surface area (Å²) in [6, 6.07) is 17.6. The predicted molar refractivity (Wildman–Crippen MR) is 148 cm³/mol. The highest BCUT2D eigenvalue weighted by Gasteiger charge is 2.15. The van der Waals surface area contributed by atoms with E-state index < -0.39 is 0 Å². The maximum Gasteiger partial charge on any atom is 0.410 e. The van der Waals surface area contributed by atoms with Crippen LogP contribution in [0.25, 0.3) is 0 Å². The smallest absolute Gasteiger partial charge is 0.410 e. The highest BCUT2D eigenvalue weighted by molar-refractivity contribution is 5.67. The first-order chi connectivity index (χ1) is 17.2. The van der Waals surface area contributed by atoms with Crippen LogP contribution in [0, 0.1) is 0 Å². The number of benzene rings is 2. The molecule has 0 unspecified atom stereocenters.